The van der Waals surface area contributed by atoms with Crippen molar-refractivity contribution in [2.75, 3.05) is 0 Å². The highest BCUT2D eigenvalue weighted by atomic mass is 16.5. The van der Waals surface area contributed by atoms with E-state index >= 15 is 0 Å². The van der Waals surface area contributed by atoms with Crippen LogP contribution in [0.15, 0.2) is 96.0 Å². The first-order valence-electron chi connectivity index (χ1n) is 9.09. The molecule has 4 aromatic carbocycles. The van der Waals surface area contributed by atoms with Crippen molar-refractivity contribution in [1.82, 2.24) is 0 Å². The molecule has 2 heteroatoms. The number of ether oxygens (including phenoxy) is 1. The van der Waals surface area contributed by atoms with Gasteiger partial charge < -0.3 is 4.74 Å². The predicted molar refractivity (Wildman–Crippen MR) is 113 cm³/mol. The van der Waals surface area contributed by atoms with Crippen LogP contribution < -0.4 is 4.74 Å². The van der Waals surface area contributed by atoms with Crippen molar-refractivity contribution in [3.05, 3.63) is 108 Å². The Bertz CT molecular complexity index is 1090. The molecule has 0 heterocycles. The van der Waals surface area contributed by atoms with Gasteiger partial charge in [0.25, 0.3) is 0 Å². The smallest absolute Gasteiger partial charge is 0.120 e. The van der Waals surface area contributed by atoms with Gasteiger partial charge in [-0.1, -0.05) is 72.8 Å². The maximum atomic E-state index is 6.05. The van der Waals surface area contributed by atoms with Gasteiger partial charge in [-0.25, -0.2) is 0 Å². The highest BCUT2D eigenvalue weighted by Gasteiger charge is 2.02. The maximum absolute atomic E-state index is 6.05. The van der Waals surface area contributed by atoms with Gasteiger partial charge in [0, 0.05) is 6.21 Å². The fourth-order valence-electron chi connectivity index (χ4n) is 3.12. The molecule has 0 bridgehead atoms. The predicted octanol–water partition coefficient (Wildman–Crippen LogP) is 6.48. The van der Waals surface area contributed by atoms with Crippen molar-refractivity contribution in [2.45, 2.75) is 13.5 Å². The Balaban J connectivity index is 1.50. The van der Waals surface area contributed by atoms with E-state index in [1.54, 1.807) is 0 Å². The lowest BCUT2D eigenvalue weighted by molar-refractivity contribution is 0.307. The average molecular weight is 351 g/mol. The van der Waals surface area contributed by atoms with Crippen molar-refractivity contribution in [2.24, 2.45) is 4.99 Å². The van der Waals surface area contributed by atoms with Gasteiger partial charge in [-0.15, -0.1) is 0 Å². The topological polar surface area (TPSA) is 21.6 Å². The van der Waals surface area contributed by atoms with Gasteiger partial charge in [-0.3, -0.25) is 4.99 Å². The Morgan fingerprint density at radius 1 is 0.815 bits per heavy atom. The molecular weight excluding hydrogens is 330 g/mol. The van der Waals surface area contributed by atoms with Crippen LogP contribution in [0.5, 0.6) is 5.75 Å². The van der Waals surface area contributed by atoms with E-state index in [-0.39, 0.29) is 0 Å². The van der Waals surface area contributed by atoms with Gasteiger partial charge in [0.15, 0.2) is 0 Å². The van der Waals surface area contributed by atoms with Crippen LogP contribution in [0, 0.1) is 6.92 Å². The number of para-hydroxylation sites is 1. The van der Waals surface area contributed by atoms with Crippen LogP contribution in [-0.4, -0.2) is 6.21 Å². The third-order valence-corrected chi connectivity index (χ3v) is 4.60. The van der Waals surface area contributed by atoms with E-state index in [9.17, 15) is 0 Å². The van der Waals surface area contributed by atoms with Crippen LogP contribution in [-0.2, 0) is 6.61 Å². The number of fused-ring (bicyclic) bond motifs is 1. The average Bonchev–Trinajstić information content (AvgIpc) is 2.72. The number of hydrogen-bond acceptors (Lipinski definition) is 2. The molecule has 132 valence electrons. The van der Waals surface area contributed by atoms with Gasteiger partial charge in [0.2, 0.25) is 0 Å². The summed E-state index contributed by atoms with van der Waals surface area (Å²) in [5.41, 5.74) is 4.36. The van der Waals surface area contributed by atoms with Crippen LogP contribution in [0.3, 0.4) is 0 Å². The third kappa shape index (κ3) is 4.06. The minimum absolute atomic E-state index is 0.541. The molecule has 0 saturated carbocycles. The lowest BCUT2D eigenvalue weighted by Gasteiger charge is -2.09. The molecule has 0 radical (unpaired) electrons. The molecule has 2 nitrogen and oxygen atoms in total. The van der Waals surface area contributed by atoms with Crippen molar-refractivity contribution < 1.29 is 4.74 Å². The Morgan fingerprint density at radius 2 is 1.59 bits per heavy atom. The normalized spacial score (nSPS) is 11.1. The first-order chi connectivity index (χ1) is 13.3. The van der Waals surface area contributed by atoms with Crippen molar-refractivity contribution >= 4 is 22.7 Å². The summed E-state index contributed by atoms with van der Waals surface area (Å²) in [6, 6.07) is 30.9. The first-order valence-corrected chi connectivity index (χ1v) is 9.09. The van der Waals surface area contributed by atoms with E-state index in [0.29, 0.717) is 6.61 Å². The van der Waals surface area contributed by atoms with Gasteiger partial charge in [0.05, 0.1) is 5.69 Å². The monoisotopic (exact) mass is 351 g/mol. The summed E-state index contributed by atoms with van der Waals surface area (Å²) in [5, 5.41) is 2.47. The van der Waals surface area contributed by atoms with Gasteiger partial charge >= 0.3 is 0 Å². The zero-order valence-electron chi connectivity index (χ0n) is 15.3. The van der Waals surface area contributed by atoms with Crippen molar-refractivity contribution in [1.29, 1.82) is 0 Å². The molecule has 27 heavy (non-hydrogen) atoms. The second kappa shape index (κ2) is 7.88. The molecule has 0 aliphatic rings. The lowest BCUT2D eigenvalue weighted by Crippen LogP contribution is -1.97. The fourth-order valence-corrected chi connectivity index (χ4v) is 3.12. The molecular formula is C25H21NO. The van der Waals surface area contributed by atoms with Crippen molar-refractivity contribution in [3.63, 3.8) is 0 Å². The second-order valence-electron chi connectivity index (χ2n) is 6.54. The SMILES string of the molecule is Cc1ccccc1N=Cc1cccc(OCc2cccc3ccccc23)c1. The summed E-state index contributed by atoms with van der Waals surface area (Å²) < 4.78 is 6.05. The maximum Gasteiger partial charge on any atom is 0.120 e. The molecule has 0 unspecified atom stereocenters. The van der Waals surface area contributed by atoms with Gasteiger partial charge in [-0.2, -0.15) is 0 Å². The largest absolute Gasteiger partial charge is 0.489 e. The third-order valence-electron chi connectivity index (χ3n) is 4.60. The Hall–Kier alpha value is -3.39. The molecule has 0 aliphatic heterocycles. The van der Waals surface area contributed by atoms with Crippen LogP contribution in [0.1, 0.15) is 16.7 Å². The lowest BCUT2D eigenvalue weighted by atomic mass is 10.1. The van der Waals surface area contributed by atoms with E-state index < -0.39 is 0 Å². The summed E-state index contributed by atoms with van der Waals surface area (Å²) in [6.07, 6.45) is 1.88. The first kappa shape index (κ1) is 17.0. The highest BCUT2D eigenvalue weighted by molar-refractivity contribution is 5.85. The van der Waals surface area contributed by atoms with Gasteiger partial charge in [0.1, 0.15) is 12.4 Å². The summed E-state index contributed by atoms with van der Waals surface area (Å²) >= 11 is 0. The van der Waals surface area contributed by atoms with Crippen LogP contribution >= 0.6 is 0 Å². The standard InChI is InChI=1S/C25H21NO/c1-19-8-2-5-15-25(19)26-17-20-9-6-13-23(16-20)27-18-22-12-7-11-21-10-3-4-14-24(21)22/h2-17H,18H2,1H3. The number of aryl methyl sites for hydroxylation is 1. The quantitative estimate of drug-likeness (QED) is 0.377. The molecule has 0 aromatic heterocycles. The summed E-state index contributed by atoms with van der Waals surface area (Å²) in [5.74, 6) is 0.844. The Labute approximate surface area is 159 Å². The van der Waals surface area contributed by atoms with E-state index in [1.165, 1.54) is 16.3 Å². The molecule has 0 amide bonds. The molecule has 0 fully saturated rings. The Morgan fingerprint density at radius 3 is 2.52 bits per heavy atom. The molecule has 0 N–H and O–H groups in total. The number of rotatable bonds is 5. The van der Waals surface area contributed by atoms with E-state index in [0.717, 1.165) is 22.6 Å². The molecule has 0 atom stereocenters. The second-order valence-corrected chi connectivity index (χ2v) is 6.54. The number of aliphatic imine (C=N–C) groups is 1. The molecule has 0 saturated heterocycles. The molecule has 4 aromatic rings. The van der Waals surface area contributed by atoms with Crippen molar-refractivity contribution in [3.8, 4) is 5.75 Å². The molecule has 4 rings (SSSR count). The van der Waals surface area contributed by atoms with Gasteiger partial charge in [-0.05, 0) is 52.6 Å². The molecule has 0 spiro atoms. The number of nitrogens with zero attached hydrogens (tertiary/aromatic N) is 1. The van der Waals surface area contributed by atoms with E-state index in [4.69, 9.17) is 4.74 Å². The molecule has 0 aliphatic carbocycles. The zero-order valence-corrected chi connectivity index (χ0v) is 15.3. The van der Waals surface area contributed by atoms with Crippen LogP contribution in [0.25, 0.3) is 10.8 Å². The fraction of sp³-hybridized carbons (Fsp3) is 0.0800. The van der Waals surface area contributed by atoms with E-state index in [2.05, 4.69) is 60.4 Å². The zero-order chi connectivity index (χ0) is 18.5. The highest BCUT2D eigenvalue weighted by Crippen LogP contribution is 2.22. The van der Waals surface area contributed by atoms with Crippen LogP contribution in [0.2, 0.25) is 0 Å². The van der Waals surface area contributed by atoms with E-state index in [1.807, 2.05) is 48.7 Å². The Kier molecular flexibility index (Phi) is 4.97. The number of hydrogen-bond donors (Lipinski definition) is 0. The summed E-state index contributed by atoms with van der Waals surface area (Å²) in [4.78, 5) is 4.60. The minimum Gasteiger partial charge on any atom is -0.489 e. The van der Waals surface area contributed by atoms with Crippen LogP contribution in [0.4, 0.5) is 5.69 Å². The minimum atomic E-state index is 0.541. The number of benzene rings is 4. The summed E-state index contributed by atoms with van der Waals surface area (Å²) in [6.45, 7) is 2.61. The summed E-state index contributed by atoms with van der Waals surface area (Å²) in [7, 11) is 0.